The molecule has 240 valence electrons. The van der Waals surface area contributed by atoms with E-state index >= 15 is 0 Å². The van der Waals surface area contributed by atoms with Crippen molar-refractivity contribution >= 4 is 40.9 Å². The van der Waals surface area contributed by atoms with Gasteiger partial charge in [0.15, 0.2) is 11.7 Å². The molecule has 1 atom stereocenters. The molecule has 0 unspecified atom stereocenters. The summed E-state index contributed by atoms with van der Waals surface area (Å²) in [6.45, 7) is 10.6. The number of Topliss-reactive ketones (excluding diaryl/α,β-unsaturated/α-hetero) is 1. The molecule has 1 aliphatic rings. The minimum atomic E-state index is -0.980. The highest BCUT2D eigenvalue weighted by Crippen LogP contribution is 2.22. The number of aliphatic imine (C=N–C) groups is 1. The molecule has 3 rings (SSSR count). The average Bonchev–Trinajstić information content (AvgIpc) is 2.99. The zero-order valence-electron chi connectivity index (χ0n) is 26.5. The van der Waals surface area contributed by atoms with Gasteiger partial charge >= 0.3 is 5.97 Å². The van der Waals surface area contributed by atoms with E-state index in [0.717, 1.165) is 49.7 Å². The van der Waals surface area contributed by atoms with Gasteiger partial charge in [0.2, 0.25) is 11.8 Å². The smallest absolute Gasteiger partial charge is 0.304 e. The van der Waals surface area contributed by atoms with E-state index in [4.69, 9.17) is 9.84 Å². The first-order valence-corrected chi connectivity index (χ1v) is 15.0. The van der Waals surface area contributed by atoms with Crippen LogP contribution in [0.15, 0.2) is 53.5 Å². The van der Waals surface area contributed by atoms with Crippen LogP contribution in [0.4, 0.5) is 11.4 Å². The maximum Gasteiger partial charge on any atom is 0.304 e. The minimum absolute atomic E-state index is 0.0409. The van der Waals surface area contributed by atoms with Crippen molar-refractivity contribution in [2.24, 2.45) is 16.3 Å². The highest BCUT2D eigenvalue weighted by molar-refractivity contribution is 6.00. The third-order valence-electron chi connectivity index (χ3n) is 6.59. The number of rotatable bonds is 13. The van der Waals surface area contributed by atoms with Gasteiger partial charge in [-0.25, -0.2) is 0 Å². The van der Waals surface area contributed by atoms with Gasteiger partial charge in [0, 0.05) is 55.8 Å². The van der Waals surface area contributed by atoms with Gasteiger partial charge in [0.1, 0.15) is 5.75 Å². The fraction of sp³-hybridized carbons (Fsp3) is 0.485. The van der Waals surface area contributed by atoms with Crippen molar-refractivity contribution in [1.29, 1.82) is 0 Å². The Hall–Kier alpha value is -4.41. The number of carboxylic acids is 1. The molecule has 1 aliphatic heterocycles. The fourth-order valence-corrected chi connectivity index (χ4v) is 4.07. The van der Waals surface area contributed by atoms with Gasteiger partial charge < -0.3 is 31.1 Å². The number of anilines is 2. The Kier molecular flexibility index (Phi) is 14.9. The highest BCUT2D eigenvalue weighted by atomic mass is 16.5. The van der Waals surface area contributed by atoms with Crippen LogP contribution < -0.4 is 26.0 Å². The van der Waals surface area contributed by atoms with Crippen molar-refractivity contribution in [2.45, 2.75) is 66.2 Å². The molecule has 0 aromatic heterocycles. The molecular formula is C33H47N5O6. The van der Waals surface area contributed by atoms with E-state index in [1.165, 1.54) is 0 Å². The van der Waals surface area contributed by atoms with Crippen LogP contribution in [0.5, 0.6) is 5.75 Å². The third kappa shape index (κ3) is 14.7. The zero-order chi connectivity index (χ0) is 32.5. The number of hydrogen-bond donors (Lipinski definition) is 5. The van der Waals surface area contributed by atoms with Gasteiger partial charge in [-0.3, -0.25) is 24.2 Å². The lowest BCUT2D eigenvalue weighted by atomic mass is 9.91. The molecule has 44 heavy (non-hydrogen) atoms. The number of carbonyl (C=O) groups is 4. The Balaban J connectivity index is 0.000000308. The number of ketones is 1. The molecule has 0 saturated heterocycles. The summed E-state index contributed by atoms with van der Waals surface area (Å²) >= 11 is 0. The summed E-state index contributed by atoms with van der Waals surface area (Å²) in [6.07, 6.45) is 3.37. The number of nitrogens with zero attached hydrogens (tertiary/aromatic N) is 1. The van der Waals surface area contributed by atoms with Crippen molar-refractivity contribution in [3.63, 3.8) is 0 Å². The van der Waals surface area contributed by atoms with Crippen LogP contribution in [0.3, 0.4) is 0 Å². The average molecular weight is 610 g/mol. The number of nitrogens with one attached hydrogen (secondary N) is 4. The Labute approximate surface area is 260 Å². The summed E-state index contributed by atoms with van der Waals surface area (Å²) in [5.74, 6) is -0.524. The lowest BCUT2D eigenvalue weighted by Gasteiger charge is -2.17. The van der Waals surface area contributed by atoms with Crippen molar-refractivity contribution < 1.29 is 29.0 Å². The maximum atomic E-state index is 12.1. The Morgan fingerprint density at radius 1 is 1.05 bits per heavy atom. The molecule has 5 N–H and O–H groups in total. The molecule has 2 amide bonds. The first-order chi connectivity index (χ1) is 20.9. The lowest BCUT2D eigenvalue weighted by Crippen LogP contribution is -2.35. The predicted molar refractivity (Wildman–Crippen MR) is 173 cm³/mol. The van der Waals surface area contributed by atoms with Gasteiger partial charge in [-0.1, -0.05) is 39.8 Å². The first kappa shape index (κ1) is 35.8. The SMILES string of the molecule is CNC(=O)CCC(=O)c1cccc(NC2=NCCCN2)c1.C[C@@H](CC(=O)O)C(=O)Nc1ccc(OCCCC(C)(C)C)cc1. The molecule has 0 radical (unpaired) electrons. The summed E-state index contributed by atoms with van der Waals surface area (Å²) in [6, 6.07) is 14.4. The van der Waals surface area contributed by atoms with Crippen molar-refractivity contribution in [2.75, 3.05) is 37.4 Å². The van der Waals surface area contributed by atoms with Crippen molar-refractivity contribution in [3.8, 4) is 5.75 Å². The van der Waals surface area contributed by atoms with Gasteiger partial charge in [-0.2, -0.15) is 0 Å². The molecule has 11 nitrogen and oxygen atoms in total. The highest BCUT2D eigenvalue weighted by Gasteiger charge is 2.16. The van der Waals surface area contributed by atoms with E-state index < -0.39 is 11.9 Å². The molecule has 2 aromatic rings. The third-order valence-corrected chi connectivity index (χ3v) is 6.59. The number of amides is 2. The van der Waals surface area contributed by atoms with Crippen LogP contribution in [0.25, 0.3) is 0 Å². The summed E-state index contributed by atoms with van der Waals surface area (Å²) in [5, 5.41) is 20.2. The van der Waals surface area contributed by atoms with Gasteiger partial charge in [-0.05, 0) is 61.1 Å². The molecule has 2 aromatic carbocycles. The second-order valence-corrected chi connectivity index (χ2v) is 11.8. The molecule has 0 spiro atoms. The topological polar surface area (TPSA) is 158 Å². The summed E-state index contributed by atoms with van der Waals surface area (Å²) in [7, 11) is 1.56. The summed E-state index contributed by atoms with van der Waals surface area (Å²) < 4.78 is 5.67. The van der Waals surface area contributed by atoms with Crippen LogP contribution >= 0.6 is 0 Å². The van der Waals surface area contributed by atoms with E-state index in [1.807, 2.05) is 12.1 Å². The second kappa shape index (κ2) is 18.3. The number of hydrogen-bond acceptors (Lipinski definition) is 8. The predicted octanol–water partition coefficient (Wildman–Crippen LogP) is 5.10. The monoisotopic (exact) mass is 609 g/mol. The van der Waals surface area contributed by atoms with E-state index in [1.54, 1.807) is 50.4 Å². The normalized spacial score (nSPS) is 13.2. The maximum absolute atomic E-state index is 12.1. The standard InChI is InChI=1S/C18H27NO4.C15H20N4O2/c1-13(12-16(20)21)17(22)19-14-6-8-15(9-7-14)23-11-5-10-18(2,3)4;1-16-14(21)7-6-13(20)11-4-2-5-12(10-11)19-15-17-8-3-9-18-15/h6-9,13H,5,10-12H2,1-4H3,(H,19,22)(H,20,21);2,4-5,10H,3,6-9H2,1H3,(H,16,21)(H2,17,18,19)/t13-;/m0./s1. The van der Waals surface area contributed by atoms with E-state index in [9.17, 15) is 19.2 Å². The van der Waals surface area contributed by atoms with Gasteiger partial charge in [0.25, 0.3) is 0 Å². The van der Waals surface area contributed by atoms with Gasteiger partial charge in [0.05, 0.1) is 13.0 Å². The Morgan fingerprint density at radius 2 is 1.77 bits per heavy atom. The fourth-order valence-electron chi connectivity index (χ4n) is 4.07. The Bertz CT molecular complexity index is 1270. The van der Waals surface area contributed by atoms with Gasteiger partial charge in [-0.15, -0.1) is 0 Å². The lowest BCUT2D eigenvalue weighted by molar-refractivity contribution is -0.139. The number of carbonyl (C=O) groups excluding carboxylic acids is 3. The van der Waals surface area contributed by atoms with Crippen molar-refractivity contribution in [3.05, 3.63) is 54.1 Å². The van der Waals surface area contributed by atoms with Crippen LogP contribution in [0.1, 0.15) is 76.6 Å². The zero-order valence-corrected chi connectivity index (χ0v) is 26.5. The minimum Gasteiger partial charge on any atom is -0.494 e. The molecule has 1 heterocycles. The number of ether oxygens (including phenoxy) is 1. The number of benzene rings is 2. The molecule has 11 heteroatoms. The van der Waals surface area contributed by atoms with E-state index in [-0.39, 0.29) is 36.9 Å². The molecular weight excluding hydrogens is 562 g/mol. The van der Waals surface area contributed by atoms with E-state index in [2.05, 4.69) is 47.0 Å². The number of guanidine groups is 1. The summed E-state index contributed by atoms with van der Waals surface area (Å²) in [4.78, 5) is 50.0. The first-order valence-electron chi connectivity index (χ1n) is 15.0. The quantitative estimate of drug-likeness (QED) is 0.155. The van der Waals surface area contributed by atoms with Crippen LogP contribution in [0, 0.1) is 11.3 Å². The molecule has 0 bridgehead atoms. The molecule has 0 fully saturated rings. The van der Waals surface area contributed by atoms with Crippen LogP contribution in [-0.4, -0.2) is 61.4 Å². The summed E-state index contributed by atoms with van der Waals surface area (Å²) in [5.41, 5.74) is 2.35. The molecule has 0 aliphatic carbocycles. The van der Waals surface area contributed by atoms with Crippen LogP contribution in [-0.2, 0) is 14.4 Å². The number of aliphatic carboxylic acids is 1. The largest absolute Gasteiger partial charge is 0.494 e. The van der Waals surface area contributed by atoms with Crippen LogP contribution in [0.2, 0.25) is 0 Å². The second-order valence-electron chi connectivity index (χ2n) is 11.8. The molecule has 0 saturated carbocycles. The number of carboxylic acid groups (broad SMARTS) is 1. The Morgan fingerprint density at radius 3 is 2.39 bits per heavy atom. The van der Waals surface area contributed by atoms with Crippen molar-refractivity contribution in [1.82, 2.24) is 10.6 Å². The van der Waals surface area contributed by atoms with E-state index in [0.29, 0.717) is 23.3 Å².